The summed E-state index contributed by atoms with van der Waals surface area (Å²) in [7, 11) is 0. The summed E-state index contributed by atoms with van der Waals surface area (Å²) in [4.78, 5) is 10.9. The van der Waals surface area contributed by atoms with E-state index in [1.54, 1.807) is 11.3 Å². The highest BCUT2D eigenvalue weighted by Gasteiger charge is 2.34. The maximum atomic E-state index is 15.3. The van der Waals surface area contributed by atoms with Gasteiger partial charge >= 0.3 is 0 Å². The average Bonchev–Trinajstić information content (AvgIpc) is 3.78. The first-order chi connectivity index (χ1) is 25.5. The molecule has 10 nitrogen and oxygen atoms in total. The molecular weight excluding hydrogens is 756 g/mol. The molecule has 0 spiro atoms. The summed E-state index contributed by atoms with van der Waals surface area (Å²) in [6.45, 7) is 12.2. The zero-order chi connectivity index (χ0) is 37.0. The first-order valence-electron chi connectivity index (χ1n) is 17.8. The van der Waals surface area contributed by atoms with Gasteiger partial charge in [0, 0.05) is 53.9 Å². The van der Waals surface area contributed by atoms with Crippen LogP contribution >= 0.6 is 46.1 Å². The van der Waals surface area contributed by atoms with Crippen LogP contribution in [0.15, 0.2) is 42.0 Å². The van der Waals surface area contributed by atoms with Gasteiger partial charge in [0.1, 0.15) is 11.8 Å². The number of fused-ring (bicyclic) bond motifs is 2. The number of ether oxygens (including phenoxy) is 1. The van der Waals surface area contributed by atoms with Crippen LogP contribution in [-0.2, 0) is 17.7 Å². The summed E-state index contributed by atoms with van der Waals surface area (Å²) in [6, 6.07) is 9.23. The lowest BCUT2D eigenvalue weighted by Crippen LogP contribution is -2.50. The van der Waals surface area contributed by atoms with Crippen molar-refractivity contribution in [3.63, 3.8) is 0 Å². The zero-order valence-electron chi connectivity index (χ0n) is 29.6. The highest BCUT2D eigenvalue weighted by atomic mass is 35.5. The van der Waals surface area contributed by atoms with Gasteiger partial charge in [-0.25, -0.2) is 9.07 Å². The van der Waals surface area contributed by atoms with Crippen molar-refractivity contribution in [3.05, 3.63) is 90.2 Å². The van der Waals surface area contributed by atoms with Gasteiger partial charge in [0.2, 0.25) is 0 Å². The Balaban J connectivity index is 1.17. The number of pyridine rings is 1. The molecule has 1 atom stereocenters. The summed E-state index contributed by atoms with van der Waals surface area (Å²) < 4.78 is 22.8. The number of hydrogen-bond acceptors (Lipinski definition) is 10. The largest absolute Gasteiger partial charge is 0.378 e. The van der Waals surface area contributed by atoms with Crippen molar-refractivity contribution in [2.75, 3.05) is 43.5 Å². The molecule has 0 bridgehead atoms. The van der Waals surface area contributed by atoms with Gasteiger partial charge in [-0.2, -0.15) is 5.26 Å². The summed E-state index contributed by atoms with van der Waals surface area (Å²) in [5.41, 5.74) is 5.16. The first-order valence-corrected chi connectivity index (χ1v) is 19.8. The van der Waals surface area contributed by atoms with Gasteiger partial charge in [-0.3, -0.25) is 14.8 Å². The molecule has 2 saturated heterocycles. The Morgan fingerprint density at radius 1 is 1.08 bits per heavy atom. The third-order valence-corrected chi connectivity index (χ3v) is 12.8. The normalized spacial score (nSPS) is 18.1. The molecule has 0 amide bonds. The molecule has 53 heavy (non-hydrogen) atoms. The fraction of sp³-hybridized carbons (Fsp3) is 0.421. The van der Waals surface area contributed by atoms with E-state index in [0.29, 0.717) is 33.3 Å². The lowest BCUT2D eigenvalue weighted by Gasteiger charge is -2.40. The van der Waals surface area contributed by atoms with Crippen LogP contribution < -0.4 is 10.6 Å². The number of anilines is 3. The smallest absolute Gasteiger partial charge is 0.166 e. The van der Waals surface area contributed by atoms with E-state index in [0.717, 1.165) is 69.9 Å². The van der Waals surface area contributed by atoms with Crippen LogP contribution in [0.3, 0.4) is 0 Å². The topological polar surface area (TPSA) is 107 Å². The Morgan fingerprint density at radius 3 is 2.58 bits per heavy atom. The van der Waals surface area contributed by atoms with E-state index in [9.17, 15) is 5.26 Å². The van der Waals surface area contributed by atoms with E-state index < -0.39 is 5.82 Å². The van der Waals surface area contributed by atoms with Gasteiger partial charge in [0.25, 0.3) is 0 Å². The highest BCUT2D eigenvalue weighted by molar-refractivity contribution is 7.10. The van der Waals surface area contributed by atoms with Crippen molar-refractivity contribution < 1.29 is 9.13 Å². The van der Waals surface area contributed by atoms with E-state index in [1.807, 2.05) is 16.8 Å². The lowest BCUT2D eigenvalue weighted by atomic mass is 9.95. The first kappa shape index (κ1) is 36.4. The second-order valence-corrected chi connectivity index (χ2v) is 17.1. The third-order valence-electron chi connectivity index (χ3n) is 10.7. The van der Waals surface area contributed by atoms with Crippen LogP contribution in [0.2, 0.25) is 15.1 Å². The molecule has 3 aliphatic rings. The van der Waals surface area contributed by atoms with Crippen molar-refractivity contribution in [2.24, 2.45) is 0 Å². The Kier molecular flexibility index (Phi) is 10.0. The lowest BCUT2D eigenvalue weighted by molar-refractivity contribution is -0.0691. The molecule has 3 aliphatic heterocycles. The number of thiophene rings is 1. The summed E-state index contributed by atoms with van der Waals surface area (Å²) in [6.07, 6.45) is 6.41. The minimum Gasteiger partial charge on any atom is -0.378 e. The number of halogens is 4. The van der Waals surface area contributed by atoms with E-state index in [4.69, 9.17) is 44.6 Å². The molecule has 5 aromatic rings. The van der Waals surface area contributed by atoms with E-state index in [-0.39, 0.29) is 38.9 Å². The minimum atomic E-state index is -0.730. The van der Waals surface area contributed by atoms with Crippen molar-refractivity contribution >= 4 is 74.1 Å². The van der Waals surface area contributed by atoms with Crippen LogP contribution in [0.5, 0.6) is 0 Å². The van der Waals surface area contributed by atoms with Crippen molar-refractivity contribution in [1.29, 1.82) is 5.26 Å². The van der Waals surface area contributed by atoms with Gasteiger partial charge < -0.3 is 15.4 Å². The van der Waals surface area contributed by atoms with E-state index in [2.05, 4.69) is 69.0 Å². The van der Waals surface area contributed by atoms with Crippen molar-refractivity contribution in [1.82, 2.24) is 29.8 Å². The predicted octanol–water partition coefficient (Wildman–Crippen LogP) is 9.00. The highest BCUT2D eigenvalue weighted by Crippen LogP contribution is 2.41. The maximum absolute atomic E-state index is 15.3. The monoisotopic (exact) mass is 793 g/mol. The molecule has 6 heterocycles. The molecule has 0 unspecified atom stereocenters. The standard InChI is InChI=1S/C38H39Cl3FN9OS/c1-38(2,3)50-10-6-23(7-11-50)51-16-31(47-48-51)37(27-20-53-32-17-49(9-8-25(27)32)24-18-52-19-24)45-22-12-26-35(21(14-43)15-44-36(26)29(40)13-22)46-30-5-4-28(39)33(41)34(30)42/h4-5,12-13,15-16,20,23-24,37,45H,6-11,17-19H2,1-3H3,(H,44,46)/t37-/m0/s1. The molecule has 3 aromatic heterocycles. The molecule has 8 rings (SSSR count). The minimum absolute atomic E-state index is 0.0631. The average molecular weight is 795 g/mol. The number of benzene rings is 2. The molecule has 15 heteroatoms. The predicted molar refractivity (Wildman–Crippen MR) is 209 cm³/mol. The summed E-state index contributed by atoms with van der Waals surface area (Å²) >= 11 is 20.9. The number of aromatic nitrogens is 4. The van der Waals surface area contributed by atoms with Gasteiger partial charge in [0.15, 0.2) is 5.82 Å². The van der Waals surface area contributed by atoms with Gasteiger partial charge in [-0.15, -0.1) is 16.4 Å². The fourth-order valence-electron chi connectivity index (χ4n) is 7.56. The number of rotatable bonds is 8. The second-order valence-electron chi connectivity index (χ2n) is 15.0. The quantitative estimate of drug-likeness (QED) is 0.149. The Labute approximate surface area is 326 Å². The molecule has 0 aliphatic carbocycles. The fourth-order valence-corrected chi connectivity index (χ4v) is 9.29. The van der Waals surface area contributed by atoms with Crippen LogP contribution in [0.1, 0.15) is 73.0 Å². The third kappa shape index (κ3) is 7.09. The number of likely N-dealkylation sites (tertiary alicyclic amines) is 1. The second kappa shape index (κ2) is 14.6. The number of nitrogens with one attached hydrogen (secondary N) is 2. The molecule has 2 N–H and O–H groups in total. The van der Waals surface area contributed by atoms with E-state index in [1.165, 1.54) is 28.8 Å². The Hall–Kier alpha value is -3.54. The van der Waals surface area contributed by atoms with Crippen molar-refractivity contribution in [3.8, 4) is 6.07 Å². The SMILES string of the molecule is CC(C)(C)N1CCC(n2cc([C@@H](Nc3cc(Cl)c4ncc(C#N)c(Nc5ccc(Cl)c(Cl)c5F)c4c3)c3csc4c3CCN(C3COC3)C4)nn2)CC1. The number of nitrogens with zero attached hydrogens (tertiary/aromatic N) is 7. The Bertz CT molecular complexity index is 2220. The summed E-state index contributed by atoms with van der Waals surface area (Å²) in [5, 5.41) is 29.4. The van der Waals surface area contributed by atoms with Gasteiger partial charge in [0.05, 0.1) is 75.1 Å². The Morgan fingerprint density at radius 2 is 1.87 bits per heavy atom. The molecule has 2 fully saturated rings. The molecule has 0 saturated carbocycles. The maximum Gasteiger partial charge on any atom is 0.166 e. The molecular formula is C38H39Cl3FN9OS. The van der Waals surface area contributed by atoms with Crippen LogP contribution in [0, 0.1) is 17.1 Å². The van der Waals surface area contributed by atoms with Crippen LogP contribution in [0.4, 0.5) is 21.5 Å². The van der Waals surface area contributed by atoms with Crippen LogP contribution in [-0.4, -0.2) is 74.2 Å². The number of hydrogen-bond donors (Lipinski definition) is 2. The van der Waals surface area contributed by atoms with E-state index >= 15 is 4.39 Å². The molecule has 0 radical (unpaired) electrons. The van der Waals surface area contributed by atoms with Crippen LogP contribution in [0.25, 0.3) is 10.9 Å². The molecule has 276 valence electrons. The molecule has 2 aromatic carbocycles. The van der Waals surface area contributed by atoms with Crippen molar-refractivity contribution in [2.45, 2.75) is 70.2 Å². The summed E-state index contributed by atoms with van der Waals surface area (Å²) in [5.74, 6) is -0.730. The van der Waals surface area contributed by atoms with Gasteiger partial charge in [-0.1, -0.05) is 40.0 Å². The number of nitriles is 1. The number of piperidine rings is 1. The van der Waals surface area contributed by atoms with Gasteiger partial charge in [-0.05, 0) is 80.8 Å². The zero-order valence-corrected chi connectivity index (χ0v) is 32.7.